The van der Waals surface area contributed by atoms with Gasteiger partial charge in [0.25, 0.3) is 5.56 Å². The lowest BCUT2D eigenvalue weighted by Crippen LogP contribution is -2.19. The van der Waals surface area contributed by atoms with Gasteiger partial charge in [-0.2, -0.15) is 0 Å². The molecule has 6 heteroatoms. The van der Waals surface area contributed by atoms with Crippen LogP contribution in [0.3, 0.4) is 0 Å². The molecule has 1 heterocycles. The predicted molar refractivity (Wildman–Crippen MR) is 129 cm³/mol. The molecule has 0 aliphatic heterocycles. The van der Waals surface area contributed by atoms with Crippen LogP contribution in [0, 0.1) is 0 Å². The van der Waals surface area contributed by atoms with Crippen LogP contribution in [-0.4, -0.2) is 22.4 Å². The number of aryl methyl sites for hydroxylation is 1. The summed E-state index contributed by atoms with van der Waals surface area (Å²) in [7, 11) is 3.35. The third-order valence-electron chi connectivity index (χ3n) is 5.46. The molecule has 0 fully saturated rings. The van der Waals surface area contributed by atoms with Crippen molar-refractivity contribution >= 4 is 28.4 Å². The Labute approximate surface area is 191 Å². The lowest BCUT2D eigenvalue weighted by Gasteiger charge is -2.12. The minimum atomic E-state index is -0.0483. The number of ketones is 1. The first-order valence-corrected chi connectivity index (χ1v) is 11.4. The van der Waals surface area contributed by atoms with Gasteiger partial charge in [0.05, 0.1) is 18.0 Å². The zero-order chi connectivity index (χ0) is 22.7. The van der Waals surface area contributed by atoms with Crippen LogP contribution in [0.4, 0.5) is 0 Å². The van der Waals surface area contributed by atoms with E-state index in [0.29, 0.717) is 32.9 Å². The number of fused-ring (bicyclic) bond motifs is 1. The van der Waals surface area contributed by atoms with E-state index < -0.39 is 0 Å². The number of nitrogens with zero attached hydrogens (tertiary/aromatic N) is 2. The molecule has 0 spiro atoms. The Kier molecular flexibility index (Phi) is 6.42. The van der Waals surface area contributed by atoms with Gasteiger partial charge < -0.3 is 4.74 Å². The van der Waals surface area contributed by atoms with Crippen LogP contribution < -0.4 is 10.3 Å². The predicted octanol–water partition coefficient (Wildman–Crippen LogP) is 5.03. The molecule has 0 amide bonds. The minimum absolute atomic E-state index is 0.00213. The fourth-order valence-electron chi connectivity index (χ4n) is 3.62. The Morgan fingerprint density at radius 3 is 2.53 bits per heavy atom. The number of benzene rings is 3. The Bertz CT molecular complexity index is 1340. The second-order valence-corrected chi connectivity index (χ2v) is 8.41. The molecule has 1 aromatic heterocycles. The maximum absolute atomic E-state index is 13.0. The Hall–Kier alpha value is -3.38. The second kappa shape index (κ2) is 9.40. The van der Waals surface area contributed by atoms with E-state index in [0.717, 1.165) is 23.3 Å². The molecule has 162 valence electrons. The maximum Gasteiger partial charge on any atom is 0.261 e. The van der Waals surface area contributed by atoms with Gasteiger partial charge in [0.2, 0.25) is 0 Å². The van der Waals surface area contributed by atoms with E-state index in [1.807, 2.05) is 37.3 Å². The first-order chi connectivity index (χ1) is 15.5. The molecule has 0 radical (unpaired) electrons. The van der Waals surface area contributed by atoms with E-state index in [1.54, 1.807) is 49.1 Å². The van der Waals surface area contributed by atoms with Gasteiger partial charge >= 0.3 is 0 Å². The number of carbonyl (C=O) groups excluding carboxylic acids is 1. The van der Waals surface area contributed by atoms with Crippen molar-refractivity contribution in [2.45, 2.75) is 24.3 Å². The van der Waals surface area contributed by atoms with Crippen LogP contribution in [0.1, 0.15) is 34.0 Å². The molecule has 3 aromatic carbocycles. The molecule has 0 saturated heterocycles. The van der Waals surface area contributed by atoms with Gasteiger partial charge in [-0.1, -0.05) is 49.0 Å². The molecule has 4 rings (SSSR count). The van der Waals surface area contributed by atoms with Gasteiger partial charge in [-0.15, -0.1) is 0 Å². The van der Waals surface area contributed by atoms with Crippen LogP contribution in [0.2, 0.25) is 0 Å². The van der Waals surface area contributed by atoms with Crippen molar-refractivity contribution in [3.8, 4) is 5.75 Å². The van der Waals surface area contributed by atoms with E-state index >= 15 is 0 Å². The van der Waals surface area contributed by atoms with Gasteiger partial charge in [0, 0.05) is 23.9 Å². The molecular formula is C26H24N2O3S. The first kappa shape index (κ1) is 21.8. The third-order valence-corrected chi connectivity index (χ3v) is 6.56. The minimum Gasteiger partial charge on any atom is -0.497 e. The number of para-hydroxylation sites is 1. The maximum atomic E-state index is 13.0. The van der Waals surface area contributed by atoms with Gasteiger partial charge in [-0.05, 0) is 53.9 Å². The van der Waals surface area contributed by atoms with Gasteiger partial charge in [0.1, 0.15) is 5.75 Å². The lowest BCUT2D eigenvalue weighted by atomic mass is 9.95. The molecule has 4 aromatic rings. The summed E-state index contributed by atoms with van der Waals surface area (Å²) in [4.78, 5) is 30.3. The van der Waals surface area contributed by atoms with E-state index in [9.17, 15) is 9.59 Å². The second-order valence-electron chi connectivity index (χ2n) is 7.47. The van der Waals surface area contributed by atoms with Gasteiger partial charge in [-0.25, -0.2) is 4.98 Å². The van der Waals surface area contributed by atoms with E-state index in [2.05, 4.69) is 11.1 Å². The van der Waals surface area contributed by atoms with Gasteiger partial charge in [0.15, 0.2) is 10.9 Å². The van der Waals surface area contributed by atoms with Crippen molar-refractivity contribution in [2.24, 2.45) is 7.05 Å². The summed E-state index contributed by atoms with van der Waals surface area (Å²) in [6, 6.07) is 20.5. The highest BCUT2D eigenvalue weighted by molar-refractivity contribution is 7.98. The number of thioether (sulfide) groups is 1. The normalized spacial score (nSPS) is 11.0. The van der Waals surface area contributed by atoms with Crippen LogP contribution in [-0.2, 0) is 19.2 Å². The largest absolute Gasteiger partial charge is 0.497 e. The number of rotatable bonds is 7. The standard InChI is InChI=1S/C26H24N2O3S/c1-4-18-15-17(9-14-21(18)24(29)19-10-12-20(31-3)13-11-19)16-32-26-27-23-8-6-5-7-22(23)25(30)28(26)2/h5-15H,4,16H2,1-3H3. The Balaban J connectivity index is 1.57. The quantitative estimate of drug-likeness (QED) is 0.227. The number of carbonyl (C=O) groups is 1. The van der Waals surface area contributed by atoms with Crippen LogP contribution in [0.5, 0.6) is 5.75 Å². The zero-order valence-electron chi connectivity index (χ0n) is 18.3. The summed E-state index contributed by atoms with van der Waals surface area (Å²) in [5.74, 6) is 1.38. The van der Waals surface area contributed by atoms with Crippen LogP contribution >= 0.6 is 11.8 Å². The Morgan fingerprint density at radius 2 is 1.81 bits per heavy atom. The average molecular weight is 445 g/mol. The number of methoxy groups -OCH3 is 1. The summed E-state index contributed by atoms with van der Waals surface area (Å²) in [5, 5.41) is 1.29. The van der Waals surface area contributed by atoms with Crippen molar-refractivity contribution in [1.29, 1.82) is 0 Å². The Morgan fingerprint density at radius 1 is 1.06 bits per heavy atom. The van der Waals surface area contributed by atoms with Crippen LogP contribution in [0.25, 0.3) is 10.9 Å². The number of hydrogen-bond donors (Lipinski definition) is 0. The fourth-order valence-corrected chi connectivity index (χ4v) is 4.54. The van der Waals surface area contributed by atoms with Crippen LogP contribution in [0.15, 0.2) is 76.7 Å². The number of aromatic nitrogens is 2. The van der Waals surface area contributed by atoms with Crippen molar-refractivity contribution in [3.05, 3.63) is 99.3 Å². The first-order valence-electron chi connectivity index (χ1n) is 10.4. The number of hydrogen-bond acceptors (Lipinski definition) is 5. The average Bonchev–Trinajstić information content (AvgIpc) is 2.84. The highest BCUT2D eigenvalue weighted by Gasteiger charge is 2.15. The third kappa shape index (κ3) is 4.32. The van der Waals surface area contributed by atoms with Crippen molar-refractivity contribution < 1.29 is 9.53 Å². The lowest BCUT2D eigenvalue weighted by molar-refractivity contribution is 0.103. The van der Waals surface area contributed by atoms with Crippen molar-refractivity contribution in [3.63, 3.8) is 0 Å². The van der Waals surface area contributed by atoms with Crippen molar-refractivity contribution in [2.75, 3.05) is 7.11 Å². The molecule has 0 unspecified atom stereocenters. The fraction of sp³-hybridized carbons (Fsp3) is 0.192. The summed E-state index contributed by atoms with van der Waals surface area (Å²) in [5.41, 5.74) is 4.09. The summed E-state index contributed by atoms with van der Waals surface area (Å²) in [6.45, 7) is 2.05. The number of ether oxygens (including phenoxy) is 1. The smallest absolute Gasteiger partial charge is 0.261 e. The molecule has 32 heavy (non-hydrogen) atoms. The van der Waals surface area contributed by atoms with Gasteiger partial charge in [-0.3, -0.25) is 14.2 Å². The summed E-state index contributed by atoms with van der Waals surface area (Å²) >= 11 is 1.52. The molecule has 5 nitrogen and oxygen atoms in total. The summed E-state index contributed by atoms with van der Waals surface area (Å²) < 4.78 is 6.77. The van der Waals surface area contributed by atoms with E-state index in [-0.39, 0.29) is 11.3 Å². The zero-order valence-corrected chi connectivity index (χ0v) is 19.1. The molecule has 0 atom stereocenters. The summed E-state index contributed by atoms with van der Waals surface area (Å²) in [6.07, 6.45) is 0.752. The van der Waals surface area contributed by atoms with E-state index in [1.165, 1.54) is 11.8 Å². The highest BCUT2D eigenvalue weighted by atomic mass is 32.2. The molecular weight excluding hydrogens is 420 g/mol. The monoisotopic (exact) mass is 444 g/mol. The highest BCUT2D eigenvalue weighted by Crippen LogP contribution is 2.25. The molecule has 0 aliphatic carbocycles. The topological polar surface area (TPSA) is 61.2 Å². The SMILES string of the molecule is CCc1cc(CSc2nc3ccccc3c(=O)n2C)ccc1C(=O)c1ccc(OC)cc1. The van der Waals surface area contributed by atoms with E-state index in [4.69, 9.17) is 4.74 Å². The molecule has 0 saturated carbocycles. The molecule has 0 N–H and O–H groups in total. The molecule has 0 aliphatic rings. The van der Waals surface area contributed by atoms with Crippen molar-refractivity contribution in [1.82, 2.24) is 9.55 Å². The molecule has 0 bridgehead atoms.